The van der Waals surface area contributed by atoms with Gasteiger partial charge in [-0.3, -0.25) is 9.59 Å². The van der Waals surface area contributed by atoms with Gasteiger partial charge in [-0.1, -0.05) is 12.8 Å². The summed E-state index contributed by atoms with van der Waals surface area (Å²) in [6, 6.07) is 0. The van der Waals surface area contributed by atoms with E-state index in [0.29, 0.717) is 17.8 Å². The van der Waals surface area contributed by atoms with E-state index in [0.717, 1.165) is 25.7 Å². The van der Waals surface area contributed by atoms with Gasteiger partial charge in [0.2, 0.25) is 0 Å². The lowest BCUT2D eigenvalue weighted by Crippen LogP contribution is -2.39. The minimum atomic E-state index is -0.477. The number of aliphatic hydroxyl groups is 1. The Labute approximate surface area is 117 Å². The lowest BCUT2D eigenvalue weighted by atomic mass is 9.86. The Bertz CT molecular complexity index is 553. The van der Waals surface area contributed by atoms with E-state index in [9.17, 15) is 14.7 Å². The van der Waals surface area contributed by atoms with Crippen LogP contribution in [0.1, 0.15) is 47.3 Å². The maximum absolute atomic E-state index is 12.1. The van der Waals surface area contributed by atoms with E-state index in [1.54, 1.807) is 13.8 Å². The van der Waals surface area contributed by atoms with Crippen molar-refractivity contribution in [3.8, 4) is 0 Å². The number of hydrogen-bond donors (Lipinski definition) is 3. The Hall–Kier alpha value is -1.69. The molecule has 0 aliphatic heterocycles. The summed E-state index contributed by atoms with van der Waals surface area (Å²) in [6.07, 6.45) is 3.45. The molecule has 0 saturated heterocycles. The molecule has 1 aromatic rings. The van der Waals surface area contributed by atoms with E-state index in [1.165, 1.54) is 0 Å². The first-order chi connectivity index (χ1) is 9.50. The van der Waals surface area contributed by atoms with Crippen molar-refractivity contribution in [3.63, 3.8) is 0 Å². The quantitative estimate of drug-likeness (QED) is 0.757. The highest BCUT2D eigenvalue weighted by atomic mass is 16.3. The Morgan fingerprint density at radius 2 is 2.10 bits per heavy atom. The summed E-state index contributed by atoms with van der Waals surface area (Å²) in [5.41, 5.74) is 0.862. The number of nitrogens with one attached hydrogen (secondary N) is 2. The van der Waals surface area contributed by atoms with E-state index in [-0.39, 0.29) is 17.6 Å². The van der Waals surface area contributed by atoms with Crippen LogP contribution in [0.15, 0.2) is 4.79 Å². The fraction of sp³-hybridized carbons (Fsp3) is 0.643. The highest BCUT2D eigenvalue weighted by Crippen LogP contribution is 2.23. The zero-order valence-electron chi connectivity index (χ0n) is 11.9. The molecule has 2 rings (SSSR count). The monoisotopic (exact) mass is 279 g/mol. The summed E-state index contributed by atoms with van der Waals surface area (Å²) in [5.74, 6) is -0.318. The van der Waals surface area contributed by atoms with Crippen molar-refractivity contribution in [2.75, 3.05) is 6.54 Å². The van der Waals surface area contributed by atoms with Crippen molar-refractivity contribution in [1.82, 2.24) is 15.5 Å². The SMILES string of the molecule is Cc1n[nH]c(=O)c(C(=O)NCC2CCCCC2O)c1C. The van der Waals surface area contributed by atoms with Crippen LogP contribution in [0.25, 0.3) is 0 Å². The molecule has 1 aromatic heterocycles. The number of carbonyl (C=O) groups is 1. The molecule has 1 aliphatic carbocycles. The highest BCUT2D eigenvalue weighted by molar-refractivity contribution is 5.95. The largest absolute Gasteiger partial charge is 0.393 e. The van der Waals surface area contributed by atoms with E-state index >= 15 is 0 Å². The minimum absolute atomic E-state index is 0.0787. The maximum atomic E-state index is 12.1. The van der Waals surface area contributed by atoms with Crippen molar-refractivity contribution in [1.29, 1.82) is 0 Å². The van der Waals surface area contributed by atoms with Gasteiger partial charge < -0.3 is 10.4 Å². The van der Waals surface area contributed by atoms with Crippen LogP contribution in [0.5, 0.6) is 0 Å². The average Bonchev–Trinajstić information content (AvgIpc) is 2.42. The van der Waals surface area contributed by atoms with Crippen LogP contribution in [0, 0.1) is 19.8 Å². The first-order valence-corrected chi connectivity index (χ1v) is 7.03. The zero-order chi connectivity index (χ0) is 14.7. The van der Waals surface area contributed by atoms with E-state index < -0.39 is 11.5 Å². The minimum Gasteiger partial charge on any atom is -0.393 e. The second-order valence-electron chi connectivity index (χ2n) is 5.46. The molecule has 0 bridgehead atoms. The lowest BCUT2D eigenvalue weighted by Gasteiger charge is -2.27. The van der Waals surface area contributed by atoms with Gasteiger partial charge in [0, 0.05) is 12.5 Å². The third-order valence-electron chi connectivity index (χ3n) is 4.09. The highest BCUT2D eigenvalue weighted by Gasteiger charge is 2.24. The molecule has 0 radical (unpaired) electrons. The summed E-state index contributed by atoms with van der Waals surface area (Å²) in [7, 11) is 0. The van der Waals surface area contributed by atoms with Gasteiger partial charge in [-0.2, -0.15) is 5.10 Å². The normalized spacial score (nSPS) is 22.6. The first kappa shape index (κ1) is 14.7. The number of carbonyl (C=O) groups excluding carboxylic acids is 1. The standard InChI is InChI=1S/C14H21N3O3/c1-8-9(2)16-17-14(20)12(8)13(19)15-7-10-5-3-4-6-11(10)18/h10-11,18H,3-7H2,1-2H3,(H,15,19)(H,17,20). The Morgan fingerprint density at radius 1 is 1.40 bits per heavy atom. The van der Waals surface area contributed by atoms with Gasteiger partial charge in [0.15, 0.2) is 0 Å². The van der Waals surface area contributed by atoms with Crippen LogP contribution >= 0.6 is 0 Å². The Morgan fingerprint density at radius 3 is 2.80 bits per heavy atom. The number of aliphatic hydroxyl groups excluding tert-OH is 1. The van der Waals surface area contributed by atoms with Crippen LogP contribution in [0.2, 0.25) is 0 Å². The van der Waals surface area contributed by atoms with Crippen LogP contribution in [-0.4, -0.2) is 33.9 Å². The van der Waals surface area contributed by atoms with Gasteiger partial charge in [0.25, 0.3) is 11.5 Å². The summed E-state index contributed by atoms with van der Waals surface area (Å²) in [4.78, 5) is 23.9. The van der Waals surface area contributed by atoms with Gasteiger partial charge in [0.05, 0.1) is 11.8 Å². The summed E-state index contributed by atoms with van der Waals surface area (Å²) < 4.78 is 0. The fourth-order valence-corrected chi connectivity index (χ4v) is 2.64. The summed E-state index contributed by atoms with van der Waals surface area (Å²) in [5, 5.41) is 18.8. The number of hydrogen-bond acceptors (Lipinski definition) is 4. The Kier molecular flexibility index (Phi) is 4.54. The fourth-order valence-electron chi connectivity index (χ4n) is 2.64. The first-order valence-electron chi connectivity index (χ1n) is 7.03. The maximum Gasteiger partial charge on any atom is 0.277 e. The average molecular weight is 279 g/mol. The van der Waals surface area contributed by atoms with Crippen molar-refractivity contribution in [3.05, 3.63) is 27.2 Å². The topological polar surface area (TPSA) is 95.1 Å². The summed E-state index contributed by atoms with van der Waals surface area (Å²) in [6.45, 7) is 3.86. The van der Waals surface area contributed by atoms with E-state index in [4.69, 9.17) is 0 Å². The molecule has 1 amide bonds. The predicted octanol–water partition coefficient (Wildman–Crippen LogP) is 0.668. The second-order valence-corrected chi connectivity index (χ2v) is 5.46. The molecule has 2 unspecified atom stereocenters. The van der Waals surface area contributed by atoms with Gasteiger partial charge >= 0.3 is 0 Å². The number of aromatic nitrogens is 2. The van der Waals surface area contributed by atoms with E-state index in [1.807, 2.05) is 0 Å². The van der Waals surface area contributed by atoms with Crippen LogP contribution in [0.3, 0.4) is 0 Å². The molecular formula is C14H21N3O3. The van der Waals surface area contributed by atoms with Gasteiger partial charge in [-0.15, -0.1) is 0 Å². The van der Waals surface area contributed by atoms with Crippen molar-refractivity contribution >= 4 is 5.91 Å². The van der Waals surface area contributed by atoms with Gasteiger partial charge in [0.1, 0.15) is 5.56 Å². The predicted molar refractivity (Wildman–Crippen MR) is 74.6 cm³/mol. The number of aryl methyl sites for hydroxylation is 1. The molecule has 6 nitrogen and oxygen atoms in total. The lowest BCUT2D eigenvalue weighted by molar-refractivity contribution is 0.0662. The smallest absolute Gasteiger partial charge is 0.277 e. The number of nitrogens with zero attached hydrogens (tertiary/aromatic N) is 1. The van der Waals surface area contributed by atoms with E-state index in [2.05, 4.69) is 15.5 Å². The zero-order valence-corrected chi connectivity index (χ0v) is 11.9. The molecule has 1 aliphatic rings. The molecule has 0 spiro atoms. The number of amides is 1. The third kappa shape index (κ3) is 3.07. The number of rotatable bonds is 3. The third-order valence-corrected chi connectivity index (χ3v) is 4.09. The molecule has 6 heteroatoms. The van der Waals surface area contributed by atoms with Crippen molar-refractivity contribution in [2.45, 2.75) is 45.6 Å². The molecule has 110 valence electrons. The molecule has 1 saturated carbocycles. The van der Waals surface area contributed by atoms with Crippen LogP contribution < -0.4 is 10.9 Å². The molecule has 3 N–H and O–H groups in total. The van der Waals surface area contributed by atoms with Crippen molar-refractivity contribution in [2.24, 2.45) is 5.92 Å². The number of H-pyrrole nitrogens is 1. The molecule has 2 atom stereocenters. The van der Waals surface area contributed by atoms with Crippen LogP contribution in [-0.2, 0) is 0 Å². The van der Waals surface area contributed by atoms with Crippen molar-refractivity contribution < 1.29 is 9.90 Å². The molecule has 1 heterocycles. The molecule has 1 fully saturated rings. The second kappa shape index (κ2) is 6.17. The van der Waals surface area contributed by atoms with Gasteiger partial charge in [-0.25, -0.2) is 5.10 Å². The summed E-state index contributed by atoms with van der Waals surface area (Å²) >= 11 is 0. The molecular weight excluding hydrogens is 258 g/mol. The molecule has 0 aromatic carbocycles. The Balaban J connectivity index is 2.05. The van der Waals surface area contributed by atoms with Gasteiger partial charge in [-0.05, 0) is 32.3 Å². The van der Waals surface area contributed by atoms with Crippen LogP contribution in [0.4, 0.5) is 0 Å². The molecule has 20 heavy (non-hydrogen) atoms. The number of aromatic amines is 1.